The summed E-state index contributed by atoms with van der Waals surface area (Å²) in [5, 5.41) is 3.41. The van der Waals surface area contributed by atoms with E-state index in [9.17, 15) is 0 Å². The number of anilines is 2. The second-order valence-electron chi connectivity index (χ2n) is 4.27. The molecule has 0 heterocycles. The zero-order valence-electron chi connectivity index (χ0n) is 10.0. The fraction of sp³-hybridized carbons (Fsp3) is 0.500. The van der Waals surface area contributed by atoms with Crippen molar-refractivity contribution in [2.24, 2.45) is 0 Å². The first-order valence-electron chi connectivity index (χ1n) is 5.27. The van der Waals surface area contributed by atoms with Crippen molar-refractivity contribution in [1.82, 2.24) is 4.90 Å². The summed E-state index contributed by atoms with van der Waals surface area (Å²) in [5.41, 5.74) is 8.91. The third kappa shape index (κ3) is 3.44. The highest BCUT2D eigenvalue weighted by Gasteiger charge is 2.05. The fourth-order valence-corrected chi connectivity index (χ4v) is 1.27. The first kappa shape index (κ1) is 11.9. The van der Waals surface area contributed by atoms with Gasteiger partial charge in [-0.3, -0.25) is 0 Å². The zero-order valence-corrected chi connectivity index (χ0v) is 10.0. The topological polar surface area (TPSA) is 41.3 Å². The van der Waals surface area contributed by atoms with E-state index in [4.69, 9.17) is 5.73 Å². The molecule has 0 bridgehead atoms. The highest BCUT2D eigenvalue weighted by molar-refractivity contribution is 5.59. The lowest BCUT2D eigenvalue weighted by atomic mass is 10.1. The molecule has 0 saturated heterocycles. The Morgan fingerprint density at radius 1 is 1.40 bits per heavy atom. The molecular formula is C12H21N3. The summed E-state index contributed by atoms with van der Waals surface area (Å²) >= 11 is 0. The molecule has 1 aromatic carbocycles. The Morgan fingerprint density at radius 3 is 2.67 bits per heavy atom. The number of hydrogen-bond donors (Lipinski definition) is 2. The van der Waals surface area contributed by atoms with Crippen LogP contribution in [0.5, 0.6) is 0 Å². The van der Waals surface area contributed by atoms with E-state index in [1.54, 1.807) is 0 Å². The minimum absolute atomic E-state index is 0.505. The molecule has 0 radical (unpaired) electrons. The van der Waals surface area contributed by atoms with Crippen molar-refractivity contribution in [2.45, 2.75) is 19.9 Å². The number of nitrogen functional groups attached to an aromatic ring is 1. The Kier molecular flexibility index (Phi) is 3.97. The van der Waals surface area contributed by atoms with Gasteiger partial charge in [0.2, 0.25) is 0 Å². The van der Waals surface area contributed by atoms with E-state index in [0.717, 1.165) is 17.9 Å². The Balaban J connectivity index is 2.61. The SMILES string of the molecule is Cc1ccc(N)cc1NCC(C)N(C)C. The van der Waals surface area contributed by atoms with E-state index in [1.807, 2.05) is 18.2 Å². The van der Waals surface area contributed by atoms with Gasteiger partial charge in [-0.2, -0.15) is 0 Å². The molecule has 0 aliphatic heterocycles. The van der Waals surface area contributed by atoms with Crippen LogP contribution >= 0.6 is 0 Å². The van der Waals surface area contributed by atoms with Crippen molar-refractivity contribution >= 4 is 11.4 Å². The molecule has 3 nitrogen and oxygen atoms in total. The molecule has 0 aromatic heterocycles. The fourth-order valence-electron chi connectivity index (χ4n) is 1.27. The molecule has 1 aromatic rings. The average molecular weight is 207 g/mol. The number of nitrogens with one attached hydrogen (secondary N) is 1. The van der Waals surface area contributed by atoms with Gasteiger partial charge in [0.15, 0.2) is 0 Å². The Bertz CT molecular complexity index is 321. The Labute approximate surface area is 92.3 Å². The van der Waals surface area contributed by atoms with Gasteiger partial charge in [-0.15, -0.1) is 0 Å². The molecule has 0 spiro atoms. The summed E-state index contributed by atoms with van der Waals surface area (Å²) in [4.78, 5) is 2.19. The molecule has 15 heavy (non-hydrogen) atoms. The van der Waals surface area contributed by atoms with Crippen LogP contribution in [0.15, 0.2) is 18.2 Å². The third-order valence-electron chi connectivity index (χ3n) is 2.73. The van der Waals surface area contributed by atoms with Crippen LogP contribution in [-0.2, 0) is 0 Å². The first-order valence-corrected chi connectivity index (χ1v) is 5.27. The lowest BCUT2D eigenvalue weighted by Gasteiger charge is -2.21. The lowest BCUT2D eigenvalue weighted by Crippen LogP contribution is -2.31. The van der Waals surface area contributed by atoms with Gasteiger partial charge in [0.1, 0.15) is 0 Å². The summed E-state index contributed by atoms with van der Waals surface area (Å²) in [6.07, 6.45) is 0. The second-order valence-corrected chi connectivity index (χ2v) is 4.27. The van der Waals surface area contributed by atoms with E-state index in [1.165, 1.54) is 5.56 Å². The van der Waals surface area contributed by atoms with E-state index >= 15 is 0 Å². The number of nitrogens with zero attached hydrogens (tertiary/aromatic N) is 1. The van der Waals surface area contributed by atoms with Crippen molar-refractivity contribution in [2.75, 3.05) is 31.7 Å². The van der Waals surface area contributed by atoms with E-state index in [0.29, 0.717) is 6.04 Å². The van der Waals surface area contributed by atoms with E-state index in [2.05, 4.69) is 38.2 Å². The van der Waals surface area contributed by atoms with Crippen LogP contribution in [0.4, 0.5) is 11.4 Å². The van der Waals surface area contributed by atoms with Crippen molar-refractivity contribution in [1.29, 1.82) is 0 Å². The van der Waals surface area contributed by atoms with Gasteiger partial charge in [-0.1, -0.05) is 6.07 Å². The predicted octanol–water partition coefficient (Wildman–Crippen LogP) is 1.94. The number of benzene rings is 1. The standard InChI is InChI=1S/C12H21N3/c1-9-5-6-11(13)7-12(9)14-8-10(2)15(3)4/h5-7,10,14H,8,13H2,1-4H3. The van der Waals surface area contributed by atoms with Crippen LogP contribution in [-0.4, -0.2) is 31.6 Å². The van der Waals surface area contributed by atoms with Gasteiger partial charge in [-0.05, 0) is 45.6 Å². The normalized spacial score (nSPS) is 12.9. The third-order valence-corrected chi connectivity index (χ3v) is 2.73. The Morgan fingerprint density at radius 2 is 2.07 bits per heavy atom. The van der Waals surface area contributed by atoms with Crippen molar-refractivity contribution < 1.29 is 0 Å². The maximum atomic E-state index is 5.74. The van der Waals surface area contributed by atoms with Gasteiger partial charge in [0.05, 0.1) is 0 Å². The summed E-state index contributed by atoms with van der Waals surface area (Å²) in [5.74, 6) is 0. The molecule has 0 aliphatic carbocycles. The number of rotatable bonds is 4. The second kappa shape index (κ2) is 5.03. The van der Waals surface area contributed by atoms with Gasteiger partial charge in [-0.25, -0.2) is 0 Å². The minimum Gasteiger partial charge on any atom is -0.399 e. The molecule has 1 unspecified atom stereocenters. The Hall–Kier alpha value is -1.22. The van der Waals surface area contributed by atoms with Crippen LogP contribution in [0, 0.1) is 6.92 Å². The molecule has 0 aliphatic rings. The monoisotopic (exact) mass is 207 g/mol. The van der Waals surface area contributed by atoms with Crippen molar-refractivity contribution in [3.63, 3.8) is 0 Å². The summed E-state index contributed by atoms with van der Waals surface area (Å²) < 4.78 is 0. The minimum atomic E-state index is 0.505. The van der Waals surface area contributed by atoms with Crippen molar-refractivity contribution in [3.8, 4) is 0 Å². The smallest absolute Gasteiger partial charge is 0.0391 e. The number of hydrogen-bond acceptors (Lipinski definition) is 3. The van der Waals surface area contributed by atoms with Crippen LogP contribution in [0.1, 0.15) is 12.5 Å². The zero-order chi connectivity index (χ0) is 11.4. The molecule has 1 atom stereocenters. The molecular weight excluding hydrogens is 186 g/mol. The maximum absolute atomic E-state index is 5.74. The average Bonchev–Trinajstić information content (AvgIpc) is 2.18. The molecule has 0 fully saturated rings. The predicted molar refractivity (Wildman–Crippen MR) is 67.2 cm³/mol. The molecule has 84 valence electrons. The highest BCUT2D eigenvalue weighted by atomic mass is 15.1. The van der Waals surface area contributed by atoms with Gasteiger partial charge < -0.3 is 16.0 Å². The van der Waals surface area contributed by atoms with Crippen LogP contribution in [0.2, 0.25) is 0 Å². The maximum Gasteiger partial charge on any atom is 0.0391 e. The van der Waals surface area contributed by atoms with E-state index < -0.39 is 0 Å². The molecule has 3 N–H and O–H groups in total. The first-order chi connectivity index (χ1) is 7.00. The highest BCUT2D eigenvalue weighted by Crippen LogP contribution is 2.17. The molecule has 1 rings (SSSR count). The lowest BCUT2D eigenvalue weighted by molar-refractivity contribution is 0.326. The van der Waals surface area contributed by atoms with Crippen LogP contribution in [0.25, 0.3) is 0 Å². The van der Waals surface area contributed by atoms with Crippen LogP contribution < -0.4 is 11.1 Å². The number of aryl methyl sites for hydroxylation is 1. The van der Waals surface area contributed by atoms with E-state index in [-0.39, 0.29) is 0 Å². The molecule has 0 amide bonds. The molecule has 3 heteroatoms. The van der Waals surface area contributed by atoms with Gasteiger partial charge >= 0.3 is 0 Å². The van der Waals surface area contributed by atoms with Gasteiger partial charge in [0, 0.05) is 24.0 Å². The van der Waals surface area contributed by atoms with Gasteiger partial charge in [0.25, 0.3) is 0 Å². The number of nitrogens with two attached hydrogens (primary N) is 1. The summed E-state index contributed by atoms with van der Waals surface area (Å²) in [7, 11) is 4.16. The van der Waals surface area contributed by atoms with Crippen molar-refractivity contribution in [3.05, 3.63) is 23.8 Å². The van der Waals surface area contributed by atoms with Crippen LogP contribution in [0.3, 0.4) is 0 Å². The summed E-state index contributed by atoms with van der Waals surface area (Å²) in [6, 6.07) is 6.46. The largest absolute Gasteiger partial charge is 0.399 e. The quantitative estimate of drug-likeness (QED) is 0.741. The number of likely N-dealkylation sites (N-methyl/N-ethyl adjacent to an activating group) is 1. The summed E-state index contributed by atoms with van der Waals surface area (Å²) in [6.45, 7) is 5.20. The molecule has 0 saturated carbocycles.